The Bertz CT molecular complexity index is 296. The van der Waals surface area contributed by atoms with Crippen LogP contribution in [0.5, 0.6) is 0 Å². The van der Waals surface area contributed by atoms with Crippen molar-refractivity contribution in [3.8, 4) is 0 Å². The third-order valence-electron chi connectivity index (χ3n) is 2.40. The fourth-order valence-electron chi connectivity index (χ4n) is 1.50. The van der Waals surface area contributed by atoms with Gasteiger partial charge >= 0.3 is 0 Å². The molecule has 0 aliphatic heterocycles. The largest absolute Gasteiger partial charge is 0.350 e. The molecule has 0 saturated heterocycles. The van der Waals surface area contributed by atoms with Crippen LogP contribution in [0.15, 0.2) is 0 Å². The normalized spacial score (nSPS) is 13.2. The average molecular weight is 271 g/mol. The summed E-state index contributed by atoms with van der Waals surface area (Å²) in [5, 5.41) is 8.80. The zero-order chi connectivity index (χ0) is 15.1. The molecule has 0 rings (SSSR count). The standard InChI is InChI=1S/C14H29N3O2/c1-10(2)15-9-7-8-12(18)16-11(3)13(19)17-14(4,5)6/h10-11,15H,7-9H2,1-6H3,(H,16,18)(H,17,19). The highest BCUT2D eigenvalue weighted by Gasteiger charge is 2.20. The molecule has 1 unspecified atom stereocenters. The molecule has 5 heteroatoms. The molecule has 0 radical (unpaired) electrons. The van der Waals surface area contributed by atoms with Gasteiger partial charge in [0.15, 0.2) is 0 Å². The van der Waals surface area contributed by atoms with Crippen molar-refractivity contribution in [3.63, 3.8) is 0 Å². The van der Waals surface area contributed by atoms with E-state index in [0.717, 1.165) is 13.0 Å². The van der Waals surface area contributed by atoms with Crippen LogP contribution in [-0.4, -0.2) is 36.0 Å². The molecular weight excluding hydrogens is 242 g/mol. The van der Waals surface area contributed by atoms with Gasteiger partial charge in [0.1, 0.15) is 6.04 Å². The van der Waals surface area contributed by atoms with Crippen LogP contribution >= 0.6 is 0 Å². The molecule has 5 nitrogen and oxygen atoms in total. The molecule has 0 fully saturated rings. The lowest BCUT2D eigenvalue weighted by Gasteiger charge is -2.23. The zero-order valence-electron chi connectivity index (χ0n) is 13.1. The van der Waals surface area contributed by atoms with Gasteiger partial charge in [-0.15, -0.1) is 0 Å². The molecule has 0 spiro atoms. The van der Waals surface area contributed by atoms with Crippen LogP contribution in [0.3, 0.4) is 0 Å². The minimum Gasteiger partial charge on any atom is -0.350 e. The first-order valence-corrected chi connectivity index (χ1v) is 6.96. The Hall–Kier alpha value is -1.10. The first-order valence-electron chi connectivity index (χ1n) is 6.96. The minimum absolute atomic E-state index is 0.0814. The summed E-state index contributed by atoms with van der Waals surface area (Å²) in [6.45, 7) is 12.4. The summed E-state index contributed by atoms with van der Waals surface area (Å²) in [5.74, 6) is -0.233. The Balaban J connectivity index is 3.89. The number of carbonyl (C=O) groups is 2. The van der Waals surface area contributed by atoms with Crippen LogP contribution in [0.4, 0.5) is 0 Å². The summed E-state index contributed by atoms with van der Waals surface area (Å²) in [7, 11) is 0. The molecule has 3 N–H and O–H groups in total. The van der Waals surface area contributed by atoms with E-state index in [4.69, 9.17) is 0 Å². The predicted molar refractivity (Wildman–Crippen MR) is 77.9 cm³/mol. The molecule has 0 aromatic carbocycles. The third-order valence-corrected chi connectivity index (χ3v) is 2.40. The van der Waals surface area contributed by atoms with Gasteiger partial charge in [0.05, 0.1) is 0 Å². The van der Waals surface area contributed by atoms with Gasteiger partial charge in [0, 0.05) is 18.0 Å². The van der Waals surface area contributed by atoms with Gasteiger partial charge in [0.25, 0.3) is 0 Å². The van der Waals surface area contributed by atoms with Crippen molar-refractivity contribution in [1.29, 1.82) is 0 Å². The first kappa shape index (κ1) is 17.9. The quantitative estimate of drug-likeness (QED) is 0.609. The van der Waals surface area contributed by atoms with E-state index in [1.807, 2.05) is 20.8 Å². The Labute approximate surface area is 116 Å². The molecule has 0 aliphatic rings. The minimum atomic E-state index is -0.496. The summed E-state index contributed by atoms with van der Waals surface area (Å²) >= 11 is 0. The van der Waals surface area contributed by atoms with Crippen LogP contribution in [0.1, 0.15) is 54.4 Å². The second kappa shape index (κ2) is 8.15. The predicted octanol–water partition coefficient (Wildman–Crippen LogP) is 1.18. The van der Waals surface area contributed by atoms with Crippen LogP contribution in [0.25, 0.3) is 0 Å². The van der Waals surface area contributed by atoms with E-state index in [1.165, 1.54) is 0 Å². The maximum Gasteiger partial charge on any atom is 0.242 e. The molecule has 112 valence electrons. The van der Waals surface area contributed by atoms with E-state index in [2.05, 4.69) is 29.8 Å². The van der Waals surface area contributed by atoms with Crippen LogP contribution in [0.2, 0.25) is 0 Å². The highest BCUT2D eigenvalue weighted by atomic mass is 16.2. The molecule has 0 bridgehead atoms. The molecule has 0 heterocycles. The molecule has 0 aromatic heterocycles. The number of hydrogen-bond acceptors (Lipinski definition) is 3. The number of hydrogen-bond donors (Lipinski definition) is 3. The van der Waals surface area contributed by atoms with Gasteiger partial charge in [-0.3, -0.25) is 9.59 Å². The van der Waals surface area contributed by atoms with Gasteiger partial charge in [-0.25, -0.2) is 0 Å². The number of rotatable bonds is 7. The fraction of sp³-hybridized carbons (Fsp3) is 0.857. The molecule has 0 aliphatic carbocycles. The summed E-state index contributed by atoms with van der Waals surface area (Å²) in [6.07, 6.45) is 1.21. The van der Waals surface area contributed by atoms with Crippen molar-refractivity contribution in [2.24, 2.45) is 0 Å². The lowest BCUT2D eigenvalue weighted by atomic mass is 10.1. The second-order valence-corrected chi connectivity index (χ2v) is 6.24. The number of nitrogens with one attached hydrogen (secondary N) is 3. The van der Waals surface area contributed by atoms with E-state index in [9.17, 15) is 9.59 Å². The van der Waals surface area contributed by atoms with Gasteiger partial charge in [-0.2, -0.15) is 0 Å². The number of carbonyl (C=O) groups excluding carboxylic acids is 2. The monoisotopic (exact) mass is 271 g/mol. The Kier molecular flexibility index (Phi) is 7.68. The van der Waals surface area contributed by atoms with Gasteiger partial charge in [-0.1, -0.05) is 13.8 Å². The number of amides is 2. The van der Waals surface area contributed by atoms with Crippen molar-refractivity contribution >= 4 is 11.8 Å². The molecule has 0 aromatic rings. The SMILES string of the molecule is CC(C)NCCCC(=O)NC(C)C(=O)NC(C)(C)C. The summed E-state index contributed by atoms with van der Waals surface area (Å²) in [4.78, 5) is 23.4. The smallest absolute Gasteiger partial charge is 0.242 e. The lowest BCUT2D eigenvalue weighted by molar-refractivity contribution is -0.129. The van der Waals surface area contributed by atoms with E-state index in [1.54, 1.807) is 6.92 Å². The van der Waals surface area contributed by atoms with Crippen molar-refractivity contribution < 1.29 is 9.59 Å². The van der Waals surface area contributed by atoms with Crippen LogP contribution < -0.4 is 16.0 Å². The Morgan fingerprint density at radius 1 is 1.11 bits per heavy atom. The maximum atomic E-state index is 11.8. The van der Waals surface area contributed by atoms with E-state index in [0.29, 0.717) is 12.5 Å². The maximum absolute atomic E-state index is 11.8. The van der Waals surface area contributed by atoms with Crippen LogP contribution in [0, 0.1) is 0 Å². The van der Waals surface area contributed by atoms with Gasteiger partial charge in [0.2, 0.25) is 11.8 Å². The summed E-state index contributed by atoms with van der Waals surface area (Å²) in [5.41, 5.74) is -0.281. The molecule has 19 heavy (non-hydrogen) atoms. The summed E-state index contributed by atoms with van der Waals surface area (Å²) < 4.78 is 0. The van der Waals surface area contributed by atoms with Crippen molar-refractivity contribution in [2.45, 2.75) is 72.0 Å². The Morgan fingerprint density at radius 3 is 2.16 bits per heavy atom. The fourth-order valence-corrected chi connectivity index (χ4v) is 1.50. The van der Waals surface area contributed by atoms with Crippen molar-refractivity contribution in [2.75, 3.05) is 6.54 Å². The molecule has 2 amide bonds. The molecular formula is C14H29N3O2. The van der Waals surface area contributed by atoms with Gasteiger partial charge in [-0.05, 0) is 40.7 Å². The lowest BCUT2D eigenvalue weighted by Crippen LogP contribution is -2.50. The topological polar surface area (TPSA) is 70.2 Å². The van der Waals surface area contributed by atoms with E-state index < -0.39 is 6.04 Å². The first-order chi connectivity index (χ1) is 8.61. The van der Waals surface area contributed by atoms with Crippen LogP contribution in [-0.2, 0) is 9.59 Å². The zero-order valence-corrected chi connectivity index (χ0v) is 13.1. The highest BCUT2D eigenvalue weighted by molar-refractivity contribution is 5.87. The summed E-state index contributed by atoms with van der Waals surface area (Å²) in [6, 6.07) is -0.0654. The van der Waals surface area contributed by atoms with Crippen molar-refractivity contribution in [1.82, 2.24) is 16.0 Å². The van der Waals surface area contributed by atoms with Crippen molar-refractivity contribution in [3.05, 3.63) is 0 Å². The van der Waals surface area contributed by atoms with E-state index in [-0.39, 0.29) is 17.4 Å². The second-order valence-electron chi connectivity index (χ2n) is 6.24. The molecule has 0 saturated carbocycles. The Morgan fingerprint density at radius 2 is 1.68 bits per heavy atom. The molecule has 1 atom stereocenters. The average Bonchev–Trinajstić information content (AvgIpc) is 2.21. The van der Waals surface area contributed by atoms with E-state index >= 15 is 0 Å². The third kappa shape index (κ3) is 10.5. The highest BCUT2D eigenvalue weighted by Crippen LogP contribution is 1.99. The van der Waals surface area contributed by atoms with Gasteiger partial charge < -0.3 is 16.0 Å².